The summed E-state index contributed by atoms with van der Waals surface area (Å²) in [4.78, 5) is 12.1. The standard InChI is InChI=1S/C18H18F2N2O4S/c1-9-4-5-12(19)17(18(9)20)11-7-16(23)21-13-8-14(22-27(3,24)25)15(26-2)6-10(11)13/h4-6,8,11,22H,7H2,1-3H3,(H,21,23). The molecule has 144 valence electrons. The molecule has 2 aromatic carbocycles. The van der Waals surface area contributed by atoms with Crippen molar-refractivity contribution < 1.29 is 26.7 Å². The number of anilines is 2. The Hall–Kier alpha value is -2.68. The van der Waals surface area contributed by atoms with E-state index in [9.17, 15) is 22.0 Å². The molecule has 0 fully saturated rings. The van der Waals surface area contributed by atoms with E-state index >= 15 is 0 Å². The molecule has 9 heteroatoms. The van der Waals surface area contributed by atoms with Gasteiger partial charge in [0.25, 0.3) is 0 Å². The number of nitrogens with one attached hydrogen (secondary N) is 2. The Morgan fingerprint density at radius 3 is 2.59 bits per heavy atom. The van der Waals surface area contributed by atoms with Gasteiger partial charge in [0.05, 0.1) is 19.1 Å². The van der Waals surface area contributed by atoms with Crippen LogP contribution in [0.4, 0.5) is 20.2 Å². The molecule has 0 spiro atoms. The number of hydrogen-bond acceptors (Lipinski definition) is 4. The Morgan fingerprint density at radius 1 is 1.26 bits per heavy atom. The molecule has 1 aliphatic rings. The highest BCUT2D eigenvalue weighted by atomic mass is 32.2. The van der Waals surface area contributed by atoms with Gasteiger partial charge < -0.3 is 10.1 Å². The van der Waals surface area contributed by atoms with Crippen molar-refractivity contribution in [2.75, 3.05) is 23.4 Å². The Kier molecular flexibility index (Phi) is 4.81. The zero-order valence-electron chi connectivity index (χ0n) is 14.9. The van der Waals surface area contributed by atoms with Crippen LogP contribution in [0.1, 0.15) is 29.0 Å². The van der Waals surface area contributed by atoms with E-state index in [-0.39, 0.29) is 34.7 Å². The summed E-state index contributed by atoms with van der Waals surface area (Å²) in [6, 6.07) is 5.35. The van der Waals surface area contributed by atoms with Crippen LogP contribution in [0.15, 0.2) is 24.3 Å². The normalized spacial score (nSPS) is 16.5. The summed E-state index contributed by atoms with van der Waals surface area (Å²) < 4.78 is 59.7. The van der Waals surface area contributed by atoms with Gasteiger partial charge in [0.15, 0.2) is 0 Å². The number of aryl methyl sites for hydroxylation is 1. The van der Waals surface area contributed by atoms with Crippen LogP contribution in [-0.4, -0.2) is 27.7 Å². The van der Waals surface area contributed by atoms with Gasteiger partial charge in [0.1, 0.15) is 17.4 Å². The van der Waals surface area contributed by atoms with Gasteiger partial charge in [-0.2, -0.15) is 0 Å². The topological polar surface area (TPSA) is 84.5 Å². The summed E-state index contributed by atoms with van der Waals surface area (Å²) >= 11 is 0. The van der Waals surface area contributed by atoms with Crippen molar-refractivity contribution in [3.05, 3.63) is 52.6 Å². The molecular formula is C18H18F2N2O4S. The minimum atomic E-state index is -3.60. The molecule has 1 atom stereocenters. The fourth-order valence-electron chi connectivity index (χ4n) is 3.19. The molecule has 1 amide bonds. The van der Waals surface area contributed by atoms with E-state index in [4.69, 9.17) is 4.74 Å². The SMILES string of the molecule is COc1cc2c(cc1NS(C)(=O)=O)NC(=O)CC2c1c(F)ccc(C)c1F. The van der Waals surface area contributed by atoms with E-state index in [1.807, 2.05) is 0 Å². The smallest absolute Gasteiger partial charge is 0.229 e. The van der Waals surface area contributed by atoms with E-state index in [1.165, 1.54) is 32.2 Å². The van der Waals surface area contributed by atoms with Gasteiger partial charge in [-0.25, -0.2) is 17.2 Å². The first kappa shape index (κ1) is 19.1. The Morgan fingerprint density at radius 2 is 1.96 bits per heavy atom. The number of halogens is 2. The lowest BCUT2D eigenvalue weighted by atomic mass is 9.83. The van der Waals surface area contributed by atoms with E-state index in [2.05, 4.69) is 10.0 Å². The lowest BCUT2D eigenvalue weighted by Crippen LogP contribution is -2.25. The first-order valence-corrected chi connectivity index (χ1v) is 9.94. The number of methoxy groups -OCH3 is 1. The monoisotopic (exact) mass is 396 g/mol. The molecule has 0 saturated heterocycles. The molecule has 1 unspecified atom stereocenters. The van der Waals surface area contributed by atoms with Gasteiger partial charge in [0.2, 0.25) is 15.9 Å². The third-order valence-corrected chi connectivity index (χ3v) is 4.96. The maximum Gasteiger partial charge on any atom is 0.229 e. The van der Waals surface area contributed by atoms with Crippen LogP contribution in [0, 0.1) is 18.6 Å². The number of rotatable bonds is 4. The van der Waals surface area contributed by atoms with Crippen molar-refractivity contribution in [1.82, 2.24) is 0 Å². The molecule has 2 aromatic rings. The van der Waals surface area contributed by atoms with Gasteiger partial charge >= 0.3 is 0 Å². The van der Waals surface area contributed by atoms with Crippen molar-refractivity contribution in [3.63, 3.8) is 0 Å². The molecule has 0 aliphatic carbocycles. The van der Waals surface area contributed by atoms with Crippen molar-refractivity contribution in [2.24, 2.45) is 0 Å². The number of carbonyl (C=O) groups excluding carboxylic acids is 1. The molecule has 0 saturated carbocycles. The van der Waals surface area contributed by atoms with E-state index < -0.39 is 33.5 Å². The lowest BCUT2D eigenvalue weighted by molar-refractivity contribution is -0.116. The minimum absolute atomic E-state index is 0.116. The summed E-state index contributed by atoms with van der Waals surface area (Å²) in [6.07, 6.45) is 0.830. The van der Waals surface area contributed by atoms with Crippen LogP contribution < -0.4 is 14.8 Å². The third kappa shape index (κ3) is 3.73. The fourth-order valence-corrected chi connectivity index (χ4v) is 3.75. The second-order valence-electron chi connectivity index (χ2n) is 6.41. The van der Waals surface area contributed by atoms with Crippen molar-refractivity contribution in [2.45, 2.75) is 19.3 Å². The maximum absolute atomic E-state index is 14.7. The van der Waals surface area contributed by atoms with Crippen LogP contribution in [0.5, 0.6) is 5.75 Å². The zero-order chi connectivity index (χ0) is 19.9. The molecule has 1 aliphatic heterocycles. The number of ether oxygens (including phenoxy) is 1. The molecule has 6 nitrogen and oxygen atoms in total. The van der Waals surface area contributed by atoms with Crippen LogP contribution >= 0.6 is 0 Å². The minimum Gasteiger partial charge on any atom is -0.495 e. The highest BCUT2D eigenvalue weighted by molar-refractivity contribution is 7.92. The van der Waals surface area contributed by atoms with Gasteiger partial charge in [-0.3, -0.25) is 9.52 Å². The summed E-state index contributed by atoms with van der Waals surface area (Å²) in [5, 5.41) is 2.62. The summed E-state index contributed by atoms with van der Waals surface area (Å²) in [5.74, 6) is -2.58. The summed E-state index contributed by atoms with van der Waals surface area (Å²) in [6.45, 7) is 1.52. The number of amides is 1. The Labute approximate surface area is 155 Å². The first-order valence-electron chi connectivity index (χ1n) is 8.04. The van der Waals surface area contributed by atoms with E-state index in [1.54, 1.807) is 0 Å². The number of benzene rings is 2. The zero-order valence-corrected chi connectivity index (χ0v) is 15.7. The van der Waals surface area contributed by atoms with Crippen molar-refractivity contribution in [3.8, 4) is 5.75 Å². The van der Waals surface area contributed by atoms with Crippen LogP contribution in [-0.2, 0) is 14.8 Å². The Bertz CT molecular complexity index is 1040. The molecule has 0 bridgehead atoms. The predicted molar refractivity (Wildman–Crippen MR) is 97.6 cm³/mol. The average molecular weight is 396 g/mol. The highest BCUT2D eigenvalue weighted by Gasteiger charge is 2.32. The van der Waals surface area contributed by atoms with Crippen LogP contribution in [0.3, 0.4) is 0 Å². The van der Waals surface area contributed by atoms with Crippen molar-refractivity contribution in [1.29, 1.82) is 0 Å². The van der Waals surface area contributed by atoms with Gasteiger partial charge in [0, 0.05) is 23.6 Å². The quantitative estimate of drug-likeness (QED) is 0.832. The molecule has 3 rings (SSSR count). The second-order valence-corrected chi connectivity index (χ2v) is 8.16. The van der Waals surface area contributed by atoms with Crippen LogP contribution in [0.25, 0.3) is 0 Å². The largest absolute Gasteiger partial charge is 0.495 e. The molecule has 27 heavy (non-hydrogen) atoms. The highest BCUT2D eigenvalue weighted by Crippen LogP contribution is 2.44. The van der Waals surface area contributed by atoms with Crippen molar-refractivity contribution >= 4 is 27.3 Å². The molecule has 1 heterocycles. The molecular weight excluding hydrogens is 378 g/mol. The molecule has 0 aromatic heterocycles. The van der Waals surface area contributed by atoms with Gasteiger partial charge in [-0.15, -0.1) is 0 Å². The number of carbonyl (C=O) groups is 1. The predicted octanol–water partition coefficient (Wildman–Crippen LogP) is 3.13. The van der Waals surface area contributed by atoms with Gasteiger partial charge in [-0.1, -0.05) is 6.07 Å². The van der Waals surface area contributed by atoms with E-state index in [0.717, 1.165) is 12.3 Å². The van der Waals surface area contributed by atoms with Gasteiger partial charge in [-0.05, 0) is 36.2 Å². The lowest BCUT2D eigenvalue weighted by Gasteiger charge is -2.28. The third-order valence-electron chi connectivity index (χ3n) is 4.37. The average Bonchev–Trinajstić information content (AvgIpc) is 2.56. The maximum atomic E-state index is 14.7. The van der Waals surface area contributed by atoms with Crippen LogP contribution in [0.2, 0.25) is 0 Å². The summed E-state index contributed by atoms with van der Waals surface area (Å²) in [5.41, 5.74) is 0.889. The van der Waals surface area contributed by atoms with E-state index in [0.29, 0.717) is 5.56 Å². The summed E-state index contributed by atoms with van der Waals surface area (Å²) in [7, 11) is -2.25. The number of fused-ring (bicyclic) bond motifs is 1. The Balaban J connectivity index is 2.21. The number of hydrogen-bond donors (Lipinski definition) is 2. The second kappa shape index (κ2) is 6.80. The first-order chi connectivity index (χ1) is 12.6. The molecule has 0 radical (unpaired) electrons. The number of sulfonamides is 1. The molecule has 2 N–H and O–H groups in total. The fraction of sp³-hybridized carbons (Fsp3) is 0.278.